The van der Waals surface area contributed by atoms with E-state index in [9.17, 15) is 4.79 Å². The molecule has 0 saturated carbocycles. The first-order chi connectivity index (χ1) is 14.5. The second kappa shape index (κ2) is 7.44. The molecule has 2 N–H and O–H groups in total. The lowest BCUT2D eigenvalue weighted by Crippen LogP contribution is -2.41. The molecule has 5 rings (SSSR count). The number of urea groups is 1. The molecule has 4 aromatic rings. The van der Waals surface area contributed by atoms with E-state index >= 15 is 0 Å². The highest BCUT2D eigenvalue weighted by Gasteiger charge is 2.27. The smallest absolute Gasteiger partial charge is 0.319 e. The molecule has 0 fully saturated rings. The zero-order valence-electron chi connectivity index (χ0n) is 16.9. The van der Waals surface area contributed by atoms with Gasteiger partial charge in [-0.15, -0.1) is 23.1 Å². The fourth-order valence-corrected chi connectivity index (χ4v) is 5.60. The van der Waals surface area contributed by atoms with Crippen LogP contribution in [0.2, 0.25) is 0 Å². The van der Waals surface area contributed by atoms with Gasteiger partial charge in [0.1, 0.15) is 17.0 Å². The van der Waals surface area contributed by atoms with Crippen LogP contribution >= 0.6 is 23.1 Å². The van der Waals surface area contributed by atoms with Gasteiger partial charge in [0, 0.05) is 35.8 Å². The standard InChI is InChI=1S/C20H21N7OS2/c1-26(2)20(28)27-5-4-12-16(9-27)30-19-17(12)18(21-10-22-19)24-14-6-11-8-23-25-13(11)7-15(14)29-3/h6-8,10H,4-5,9H2,1-3H3,(H,23,25)(H,21,22,24). The first-order valence-corrected chi connectivity index (χ1v) is 11.6. The lowest BCUT2D eigenvalue weighted by molar-refractivity contribution is 0.166. The summed E-state index contributed by atoms with van der Waals surface area (Å²) in [6.45, 7) is 1.31. The summed E-state index contributed by atoms with van der Waals surface area (Å²) in [5.41, 5.74) is 3.25. The van der Waals surface area contributed by atoms with Crippen molar-refractivity contribution in [2.24, 2.45) is 0 Å². The summed E-state index contributed by atoms with van der Waals surface area (Å²) < 4.78 is 0. The maximum absolute atomic E-state index is 12.4. The average molecular weight is 440 g/mol. The van der Waals surface area contributed by atoms with Gasteiger partial charge in [-0.3, -0.25) is 5.10 Å². The van der Waals surface area contributed by atoms with Crippen molar-refractivity contribution in [3.05, 3.63) is 35.1 Å². The third kappa shape index (κ3) is 3.16. The van der Waals surface area contributed by atoms with Crippen molar-refractivity contribution >= 4 is 61.8 Å². The molecular formula is C20H21N7OS2. The molecule has 3 aromatic heterocycles. The van der Waals surface area contributed by atoms with E-state index in [0.717, 1.165) is 43.9 Å². The number of carbonyl (C=O) groups excluding carboxylic acids is 1. The maximum Gasteiger partial charge on any atom is 0.319 e. The van der Waals surface area contributed by atoms with Crippen LogP contribution in [0.5, 0.6) is 0 Å². The van der Waals surface area contributed by atoms with Crippen LogP contribution in [0, 0.1) is 0 Å². The summed E-state index contributed by atoms with van der Waals surface area (Å²) in [7, 11) is 3.58. The van der Waals surface area contributed by atoms with Gasteiger partial charge in [-0.25, -0.2) is 14.8 Å². The van der Waals surface area contributed by atoms with Gasteiger partial charge >= 0.3 is 6.03 Å². The normalized spacial score (nSPS) is 13.6. The molecule has 2 amide bonds. The lowest BCUT2D eigenvalue weighted by Gasteiger charge is -2.29. The Labute approximate surface area is 181 Å². The van der Waals surface area contributed by atoms with Crippen molar-refractivity contribution in [1.29, 1.82) is 0 Å². The van der Waals surface area contributed by atoms with Crippen LogP contribution in [-0.4, -0.2) is 62.9 Å². The number of carbonyl (C=O) groups is 1. The van der Waals surface area contributed by atoms with E-state index in [1.807, 2.05) is 11.1 Å². The van der Waals surface area contributed by atoms with E-state index in [1.54, 1.807) is 48.4 Å². The molecule has 8 nitrogen and oxygen atoms in total. The Hall–Kier alpha value is -2.85. The van der Waals surface area contributed by atoms with Gasteiger partial charge in [-0.05, 0) is 30.4 Å². The Bertz CT molecular complexity index is 1260. The van der Waals surface area contributed by atoms with Gasteiger partial charge in [0.05, 0.1) is 29.3 Å². The zero-order valence-corrected chi connectivity index (χ0v) is 18.5. The zero-order chi connectivity index (χ0) is 20.8. The minimum absolute atomic E-state index is 0.0422. The van der Waals surface area contributed by atoms with Gasteiger partial charge in [-0.2, -0.15) is 5.10 Å². The number of hydrogen-bond acceptors (Lipinski definition) is 7. The van der Waals surface area contributed by atoms with Crippen LogP contribution in [0.4, 0.5) is 16.3 Å². The number of benzene rings is 1. The number of nitrogens with one attached hydrogen (secondary N) is 2. The number of H-pyrrole nitrogens is 1. The third-order valence-electron chi connectivity index (χ3n) is 5.30. The number of amides is 2. The molecule has 1 aromatic carbocycles. The SMILES string of the molecule is CSc1cc2[nH]ncc2cc1Nc1ncnc2sc3c(c12)CCN(C(=O)N(C)C)C3. The number of thioether (sulfide) groups is 1. The fourth-order valence-electron chi connectivity index (χ4n) is 3.83. The summed E-state index contributed by atoms with van der Waals surface area (Å²) >= 11 is 3.32. The molecule has 0 bridgehead atoms. The monoisotopic (exact) mass is 439 g/mol. The lowest BCUT2D eigenvalue weighted by atomic mass is 10.1. The van der Waals surface area contributed by atoms with E-state index in [1.165, 1.54) is 10.4 Å². The first-order valence-electron chi connectivity index (χ1n) is 9.54. The number of anilines is 2. The molecular weight excluding hydrogens is 418 g/mol. The highest BCUT2D eigenvalue weighted by atomic mass is 32.2. The number of thiophene rings is 1. The quantitative estimate of drug-likeness (QED) is 0.468. The second-order valence-corrected chi connectivity index (χ2v) is 9.32. The predicted molar refractivity (Wildman–Crippen MR) is 122 cm³/mol. The van der Waals surface area contributed by atoms with Crippen LogP contribution in [0.25, 0.3) is 21.1 Å². The summed E-state index contributed by atoms with van der Waals surface area (Å²) in [5.74, 6) is 0.808. The van der Waals surface area contributed by atoms with E-state index in [4.69, 9.17) is 0 Å². The van der Waals surface area contributed by atoms with Crippen molar-refractivity contribution in [2.45, 2.75) is 17.9 Å². The number of nitrogens with zero attached hydrogens (tertiary/aromatic N) is 5. The van der Waals surface area contributed by atoms with E-state index < -0.39 is 0 Å². The molecule has 0 saturated heterocycles. The van der Waals surface area contributed by atoms with Crippen molar-refractivity contribution in [1.82, 2.24) is 30.0 Å². The Morgan fingerprint density at radius 1 is 1.33 bits per heavy atom. The maximum atomic E-state index is 12.4. The number of aromatic amines is 1. The van der Waals surface area contributed by atoms with E-state index in [0.29, 0.717) is 13.1 Å². The van der Waals surface area contributed by atoms with Crippen molar-refractivity contribution < 1.29 is 4.79 Å². The van der Waals surface area contributed by atoms with Crippen molar-refractivity contribution in [3.8, 4) is 0 Å². The van der Waals surface area contributed by atoms with Crippen molar-refractivity contribution in [3.63, 3.8) is 0 Å². The van der Waals surface area contributed by atoms with E-state index in [2.05, 4.69) is 43.9 Å². The van der Waals surface area contributed by atoms with Crippen LogP contribution in [-0.2, 0) is 13.0 Å². The molecule has 0 aliphatic carbocycles. The Kier molecular flexibility index (Phi) is 4.75. The number of rotatable bonds is 3. The Morgan fingerprint density at radius 2 is 2.20 bits per heavy atom. The topological polar surface area (TPSA) is 90.0 Å². The molecule has 1 aliphatic rings. The van der Waals surface area contributed by atoms with Gasteiger partial charge in [-0.1, -0.05) is 0 Å². The number of aromatic nitrogens is 4. The fraction of sp³-hybridized carbons (Fsp3) is 0.300. The van der Waals surface area contributed by atoms with E-state index in [-0.39, 0.29) is 6.03 Å². The molecule has 0 spiro atoms. The average Bonchev–Trinajstić information content (AvgIpc) is 3.35. The summed E-state index contributed by atoms with van der Waals surface area (Å²) in [4.78, 5) is 28.2. The molecule has 1 aliphatic heterocycles. The summed E-state index contributed by atoms with van der Waals surface area (Å²) in [5, 5.41) is 12.8. The van der Waals surface area contributed by atoms with Crippen LogP contribution in [0.15, 0.2) is 29.6 Å². The molecule has 10 heteroatoms. The minimum atomic E-state index is 0.0422. The highest BCUT2D eigenvalue weighted by molar-refractivity contribution is 7.98. The molecule has 154 valence electrons. The summed E-state index contributed by atoms with van der Waals surface area (Å²) in [6, 6.07) is 4.23. The Morgan fingerprint density at radius 3 is 3.00 bits per heavy atom. The summed E-state index contributed by atoms with van der Waals surface area (Å²) in [6.07, 6.45) is 6.28. The largest absolute Gasteiger partial charge is 0.339 e. The molecule has 0 radical (unpaired) electrons. The predicted octanol–water partition coefficient (Wildman–Crippen LogP) is 4.07. The molecule has 0 atom stereocenters. The van der Waals surface area contributed by atoms with Crippen LogP contribution in [0.3, 0.4) is 0 Å². The molecule has 4 heterocycles. The van der Waals surface area contributed by atoms with Crippen LogP contribution < -0.4 is 5.32 Å². The Balaban J connectivity index is 1.55. The minimum Gasteiger partial charge on any atom is -0.339 e. The van der Waals surface area contributed by atoms with Crippen molar-refractivity contribution in [2.75, 3.05) is 32.2 Å². The van der Waals surface area contributed by atoms with Gasteiger partial charge in [0.15, 0.2) is 0 Å². The van der Waals surface area contributed by atoms with Gasteiger partial charge in [0.2, 0.25) is 0 Å². The molecule has 30 heavy (non-hydrogen) atoms. The first kappa shape index (κ1) is 19.1. The molecule has 0 unspecified atom stereocenters. The number of fused-ring (bicyclic) bond motifs is 4. The van der Waals surface area contributed by atoms with Crippen LogP contribution in [0.1, 0.15) is 10.4 Å². The third-order valence-corrected chi connectivity index (χ3v) is 7.21. The highest BCUT2D eigenvalue weighted by Crippen LogP contribution is 2.39. The number of hydrogen-bond donors (Lipinski definition) is 2. The second-order valence-electron chi connectivity index (χ2n) is 7.39. The van der Waals surface area contributed by atoms with Gasteiger partial charge < -0.3 is 15.1 Å². The van der Waals surface area contributed by atoms with Gasteiger partial charge in [0.25, 0.3) is 0 Å².